The lowest BCUT2D eigenvalue weighted by Crippen LogP contribution is -2.43. The number of amides is 2. The van der Waals surface area contributed by atoms with Crippen LogP contribution in [0.2, 0.25) is 0 Å². The molecule has 2 aromatic heterocycles. The highest BCUT2D eigenvalue weighted by molar-refractivity contribution is 7.23. The molecule has 120 valence electrons. The standard InChI is InChI=1S/C16H18N4O2S/c1-19(9-21)15-4-11-6-17-12(5-14(11)23-15)16(22)18-13-8-20-3-2-10(13)7-20/h4-6,9-10,13H,2-3,7-8H2,1H3,(H,18,22). The molecule has 0 spiro atoms. The van der Waals surface area contributed by atoms with Gasteiger partial charge in [0.25, 0.3) is 5.91 Å². The van der Waals surface area contributed by atoms with Crippen molar-refractivity contribution >= 4 is 38.7 Å². The van der Waals surface area contributed by atoms with E-state index in [0.29, 0.717) is 11.6 Å². The van der Waals surface area contributed by atoms with E-state index in [1.807, 2.05) is 12.1 Å². The maximum atomic E-state index is 12.5. The third-order valence-corrected chi connectivity index (χ3v) is 5.96. The van der Waals surface area contributed by atoms with Crippen molar-refractivity contribution in [1.29, 1.82) is 0 Å². The van der Waals surface area contributed by atoms with Crippen molar-refractivity contribution in [2.75, 3.05) is 31.6 Å². The number of carbonyl (C=O) groups is 2. The van der Waals surface area contributed by atoms with Crippen LogP contribution in [-0.2, 0) is 4.79 Å². The van der Waals surface area contributed by atoms with Gasteiger partial charge in [0.1, 0.15) is 5.69 Å². The average Bonchev–Trinajstić information content (AvgIpc) is 3.27. The van der Waals surface area contributed by atoms with Crippen LogP contribution >= 0.6 is 11.3 Å². The summed E-state index contributed by atoms with van der Waals surface area (Å²) in [4.78, 5) is 31.5. The predicted molar refractivity (Wildman–Crippen MR) is 89.9 cm³/mol. The van der Waals surface area contributed by atoms with Crippen LogP contribution in [0.5, 0.6) is 0 Å². The van der Waals surface area contributed by atoms with Crippen LogP contribution in [0.25, 0.3) is 10.1 Å². The molecule has 2 aliphatic rings. The Morgan fingerprint density at radius 2 is 2.35 bits per heavy atom. The second-order valence-electron chi connectivity index (χ2n) is 6.30. The van der Waals surface area contributed by atoms with Gasteiger partial charge in [-0.15, -0.1) is 11.3 Å². The van der Waals surface area contributed by atoms with Crippen LogP contribution < -0.4 is 10.2 Å². The Hall–Kier alpha value is -1.99. The fourth-order valence-electron chi connectivity index (χ4n) is 3.46. The average molecular weight is 330 g/mol. The number of rotatable bonds is 4. The molecule has 0 aliphatic carbocycles. The van der Waals surface area contributed by atoms with Crippen molar-refractivity contribution < 1.29 is 9.59 Å². The Bertz CT molecular complexity index is 775. The lowest BCUT2D eigenvalue weighted by atomic mass is 10.00. The SMILES string of the molecule is CN(C=O)c1cc2cnc(C(=O)NC3CN4CCC3C4)cc2s1. The molecule has 2 bridgehead atoms. The summed E-state index contributed by atoms with van der Waals surface area (Å²) in [6, 6.07) is 3.96. The zero-order valence-electron chi connectivity index (χ0n) is 12.9. The summed E-state index contributed by atoms with van der Waals surface area (Å²) in [6.45, 7) is 3.21. The van der Waals surface area contributed by atoms with Crippen molar-refractivity contribution in [2.45, 2.75) is 12.5 Å². The number of nitrogens with one attached hydrogen (secondary N) is 1. The number of hydrogen-bond donors (Lipinski definition) is 1. The lowest BCUT2D eigenvalue weighted by Gasteiger charge is -2.22. The van der Waals surface area contributed by atoms with Crippen molar-refractivity contribution in [2.24, 2.45) is 5.92 Å². The van der Waals surface area contributed by atoms with Crippen molar-refractivity contribution in [1.82, 2.24) is 15.2 Å². The summed E-state index contributed by atoms with van der Waals surface area (Å²) in [5.74, 6) is 0.474. The maximum absolute atomic E-state index is 12.5. The predicted octanol–water partition coefficient (Wildman–Crippen LogP) is 1.32. The van der Waals surface area contributed by atoms with Gasteiger partial charge in [0.2, 0.25) is 6.41 Å². The van der Waals surface area contributed by atoms with E-state index >= 15 is 0 Å². The van der Waals surface area contributed by atoms with Crippen LogP contribution in [0.3, 0.4) is 0 Å². The minimum absolute atomic E-state index is 0.107. The van der Waals surface area contributed by atoms with E-state index < -0.39 is 0 Å². The number of carbonyl (C=O) groups excluding carboxylic acids is 2. The monoisotopic (exact) mass is 330 g/mol. The number of anilines is 1. The van der Waals surface area contributed by atoms with E-state index in [2.05, 4.69) is 15.2 Å². The summed E-state index contributed by atoms with van der Waals surface area (Å²) >= 11 is 1.48. The summed E-state index contributed by atoms with van der Waals surface area (Å²) in [6.07, 6.45) is 3.65. The maximum Gasteiger partial charge on any atom is 0.270 e. The Morgan fingerprint density at radius 3 is 3.04 bits per heavy atom. The van der Waals surface area contributed by atoms with E-state index in [4.69, 9.17) is 0 Å². The van der Waals surface area contributed by atoms with Gasteiger partial charge in [0.15, 0.2) is 0 Å². The van der Waals surface area contributed by atoms with Crippen LogP contribution in [0, 0.1) is 5.92 Å². The van der Waals surface area contributed by atoms with Crippen molar-refractivity contribution in [3.05, 3.63) is 24.0 Å². The van der Waals surface area contributed by atoms with Gasteiger partial charge in [0.05, 0.1) is 5.00 Å². The molecule has 7 heteroatoms. The number of fused-ring (bicyclic) bond motifs is 3. The molecule has 23 heavy (non-hydrogen) atoms. The first-order valence-electron chi connectivity index (χ1n) is 7.75. The summed E-state index contributed by atoms with van der Waals surface area (Å²) < 4.78 is 0.963. The lowest BCUT2D eigenvalue weighted by molar-refractivity contribution is -0.107. The molecular weight excluding hydrogens is 312 g/mol. The third-order valence-electron chi connectivity index (χ3n) is 4.78. The second-order valence-corrected chi connectivity index (χ2v) is 7.36. The highest BCUT2D eigenvalue weighted by atomic mass is 32.1. The van der Waals surface area contributed by atoms with Crippen LogP contribution in [-0.4, -0.2) is 54.9 Å². The van der Waals surface area contributed by atoms with Gasteiger partial charge in [0, 0.05) is 42.5 Å². The quantitative estimate of drug-likeness (QED) is 0.859. The summed E-state index contributed by atoms with van der Waals surface area (Å²) in [5, 5.41) is 4.92. The zero-order valence-corrected chi connectivity index (χ0v) is 13.7. The van der Waals surface area contributed by atoms with Crippen LogP contribution in [0.15, 0.2) is 18.3 Å². The van der Waals surface area contributed by atoms with E-state index in [-0.39, 0.29) is 11.9 Å². The Balaban J connectivity index is 1.54. The summed E-state index contributed by atoms with van der Waals surface area (Å²) in [5.41, 5.74) is 0.442. The zero-order chi connectivity index (χ0) is 16.0. The Labute approximate surface area is 138 Å². The van der Waals surface area contributed by atoms with E-state index in [1.54, 1.807) is 13.2 Å². The van der Waals surface area contributed by atoms with Gasteiger partial charge in [-0.1, -0.05) is 0 Å². The molecule has 2 aromatic rings. The number of hydrogen-bond acceptors (Lipinski definition) is 5. The second kappa shape index (κ2) is 5.58. The van der Waals surface area contributed by atoms with Crippen LogP contribution in [0.4, 0.5) is 5.00 Å². The minimum Gasteiger partial charge on any atom is -0.346 e. The van der Waals surface area contributed by atoms with E-state index in [1.165, 1.54) is 22.7 Å². The molecule has 2 aliphatic heterocycles. The number of piperidine rings is 1. The van der Waals surface area contributed by atoms with Crippen LogP contribution in [0.1, 0.15) is 16.9 Å². The van der Waals surface area contributed by atoms with Gasteiger partial charge in [-0.05, 0) is 31.0 Å². The molecule has 3 unspecified atom stereocenters. The molecule has 2 amide bonds. The third kappa shape index (κ3) is 2.60. The molecule has 0 radical (unpaired) electrons. The highest BCUT2D eigenvalue weighted by Crippen LogP contribution is 2.32. The Morgan fingerprint density at radius 1 is 1.48 bits per heavy atom. The molecule has 1 N–H and O–H groups in total. The number of pyridine rings is 1. The number of nitrogens with zero attached hydrogens (tertiary/aromatic N) is 3. The summed E-state index contributed by atoms with van der Waals surface area (Å²) in [7, 11) is 1.71. The molecule has 4 heterocycles. The first-order valence-corrected chi connectivity index (χ1v) is 8.56. The van der Waals surface area contributed by atoms with E-state index in [9.17, 15) is 9.59 Å². The highest BCUT2D eigenvalue weighted by Gasteiger charge is 2.38. The van der Waals surface area contributed by atoms with Crippen molar-refractivity contribution in [3.8, 4) is 0 Å². The molecule has 4 rings (SSSR count). The number of aromatic nitrogens is 1. The first kappa shape index (κ1) is 14.6. The van der Waals surface area contributed by atoms with Gasteiger partial charge < -0.3 is 15.1 Å². The largest absolute Gasteiger partial charge is 0.346 e. The number of thiophene rings is 1. The molecule has 3 atom stereocenters. The molecule has 2 fully saturated rings. The van der Waals surface area contributed by atoms with Gasteiger partial charge in [-0.2, -0.15) is 0 Å². The molecule has 0 saturated carbocycles. The van der Waals surface area contributed by atoms with Gasteiger partial charge in [-0.3, -0.25) is 14.6 Å². The molecule has 6 nitrogen and oxygen atoms in total. The minimum atomic E-state index is -0.107. The first-order chi connectivity index (χ1) is 11.1. The van der Waals surface area contributed by atoms with Gasteiger partial charge in [-0.25, -0.2) is 0 Å². The fourth-order valence-corrected chi connectivity index (χ4v) is 4.46. The normalized spacial score (nSPS) is 25.7. The van der Waals surface area contributed by atoms with E-state index in [0.717, 1.165) is 41.1 Å². The smallest absolute Gasteiger partial charge is 0.270 e. The van der Waals surface area contributed by atoms with Crippen molar-refractivity contribution in [3.63, 3.8) is 0 Å². The molecule has 0 aromatic carbocycles. The topological polar surface area (TPSA) is 65.5 Å². The molecule has 2 saturated heterocycles. The Kier molecular flexibility index (Phi) is 3.54. The van der Waals surface area contributed by atoms with Gasteiger partial charge >= 0.3 is 0 Å². The molecular formula is C16H18N4O2S. The fraction of sp³-hybridized carbons (Fsp3) is 0.438.